The van der Waals surface area contributed by atoms with Crippen molar-refractivity contribution in [1.29, 1.82) is 0 Å². The van der Waals surface area contributed by atoms with Gasteiger partial charge in [-0.1, -0.05) is 18.7 Å². The maximum absolute atomic E-state index is 12.0. The van der Waals surface area contributed by atoms with Gasteiger partial charge in [0, 0.05) is 0 Å². The second-order valence-corrected chi connectivity index (χ2v) is 6.63. The van der Waals surface area contributed by atoms with Crippen molar-refractivity contribution in [3.8, 4) is 0 Å². The van der Waals surface area contributed by atoms with Gasteiger partial charge in [0.2, 0.25) is 0 Å². The topological polar surface area (TPSA) is 44.8 Å². The third-order valence-corrected chi connectivity index (χ3v) is 3.98. The highest BCUT2D eigenvalue weighted by Crippen LogP contribution is 2.38. The molecule has 1 heterocycles. The molecule has 4 nitrogen and oxygen atoms in total. The van der Waals surface area contributed by atoms with Crippen LogP contribution in [0.1, 0.15) is 48.5 Å². The first-order valence-electron chi connectivity index (χ1n) is 7.61. The van der Waals surface area contributed by atoms with Crippen LogP contribution in [0.3, 0.4) is 0 Å². The second kappa shape index (κ2) is 6.84. The molecule has 22 heavy (non-hydrogen) atoms. The molecule has 0 unspecified atom stereocenters. The maximum atomic E-state index is 12.0. The minimum absolute atomic E-state index is 0.179. The van der Waals surface area contributed by atoms with Gasteiger partial charge in [-0.15, -0.1) is 0 Å². The van der Waals surface area contributed by atoms with Crippen LogP contribution in [-0.4, -0.2) is 30.4 Å². The minimum atomic E-state index is -0.517. The van der Waals surface area contributed by atoms with Crippen LogP contribution in [-0.2, 0) is 18.8 Å². The Morgan fingerprint density at radius 3 is 2.05 bits per heavy atom. The molecule has 1 fully saturated rings. The van der Waals surface area contributed by atoms with Crippen molar-refractivity contribution < 1.29 is 18.8 Å². The average Bonchev–Trinajstić information content (AvgIpc) is 2.58. The number of hydrogen-bond donors (Lipinski definition) is 0. The van der Waals surface area contributed by atoms with Gasteiger partial charge in [0.05, 0.1) is 22.9 Å². The first-order chi connectivity index (χ1) is 10.0. The fourth-order valence-corrected chi connectivity index (χ4v) is 1.93. The predicted molar refractivity (Wildman–Crippen MR) is 89.3 cm³/mol. The normalized spacial score (nSPS) is 21.2. The van der Waals surface area contributed by atoms with E-state index in [0.717, 1.165) is 5.47 Å². The Hall–Kier alpha value is -1.33. The molecular weight excluding hydrogens is 279 g/mol. The number of esters is 1. The SMILES string of the molecule is C=C/C(=C\C(=C/C)B1OC(C)(C)C(C)(C)O1)C(=O)OC(C)C. The van der Waals surface area contributed by atoms with Gasteiger partial charge >= 0.3 is 13.1 Å². The lowest BCUT2D eigenvalue weighted by atomic mass is 9.77. The number of carbonyl (C=O) groups is 1. The van der Waals surface area contributed by atoms with E-state index < -0.39 is 24.3 Å². The summed E-state index contributed by atoms with van der Waals surface area (Å²) in [6.07, 6.45) is 4.88. The van der Waals surface area contributed by atoms with Gasteiger partial charge in [0.25, 0.3) is 0 Å². The summed E-state index contributed by atoms with van der Waals surface area (Å²) in [5, 5.41) is 0. The molecule has 0 spiro atoms. The largest absolute Gasteiger partial charge is 0.494 e. The molecule has 0 bridgehead atoms. The number of carbonyl (C=O) groups excluding carboxylic acids is 1. The van der Waals surface area contributed by atoms with Gasteiger partial charge in [0.1, 0.15) is 0 Å². The summed E-state index contributed by atoms with van der Waals surface area (Å²) in [5.41, 5.74) is 0.310. The quantitative estimate of drug-likeness (QED) is 0.337. The lowest BCUT2D eigenvalue weighted by Gasteiger charge is -2.32. The van der Waals surface area contributed by atoms with Gasteiger partial charge in [-0.25, -0.2) is 4.79 Å². The van der Waals surface area contributed by atoms with E-state index in [4.69, 9.17) is 14.0 Å². The maximum Gasteiger partial charge on any atom is 0.494 e. The molecule has 0 aromatic heterocycles. The highest BCUT2D eigenvalue weighted by atomic mass is 16.7. The molecule has 1 aliphatic heterocycles. The molecule has 0 aromatic rings. The zero-order valence-electron chi connectivity index (χ0n) is 14.7. The third-order valence-electron chi connectivity index (χ3n) is 3.98. The summed E-state index contributed by atoms with van der Waals surface area (Å²) in [4.78, 5) is 12.0. The summed E-state index contributed by atoms with van der Waals surface area (Å²) < 4.78 is 17.2. The molecular formula is C17H27BO4. The Morgan fingerprint density at radius 2 is 1.68 bits per heavy atom. The molecule has 5 heteroatoms. The fraction of sp³-hybridized carbons (Fsp3) is 0.588. The molecule has 0 aliphatic carbocycles. The van der Waals surface area contributed by atoms with Gasteiger partial charge in [-0.2, -0.15) is 0 Å². The molecule has 0 radical (unpaired) electrons. The van der Waals surface area contributed by atoms with E-state index in [2.05, 4.69) is 6.58 Å². The first-order valence-corrected chi connectivity index (χ1v) is 7.61. The Balaban J connectivity index is 3.00. The minimum Gasteiger partial charge on any atom is -0.459 e. The smallest absolute Gasteiger partial charge is 0.459 e. The van der Waals surface area contributed by atoms with Crippen molar-refractivity contribution in [2.24, 2.45) is 0 Å². The Bertz CT molecular complexity index is 485. The van der Waals surface area contributed by atoms with Crippen molar-refractivity contribution >= 4 is 13.1 Å². The fourth-order valence-electron chi connectivity index (χ4n) is 1.93. The molecule has 0 amide bonds. The zero-order chi connectivity index (χ0) is 17.1. The standard InChI is InChI=1S/C17H27BO4/c1-9-13(15(19)20-12(3)4)11-14(10-2)18-21-16(5,6)17(7,8)22-18/h9-12H,1H2,2-8H3/b13-11+,14-10+. The van der Waals surface area contributed by atoms with Crippen LogP contribution in [0.2, 0.25) is 0 Å². The molecule has 0 atom stereocenters. The van der Waals surface area contributed by atoms with Crippen LogP contribution in [0.4, 0.5) is 0 Å². The summed E-state index contributed by atoms with van der Waals surface area (Å²) >= 11 is 0. The molecule has 1 saturated heterocycles. The van der Waals surface area contributed by atoms with E-state index in [1.54, 1.807) is 6.08 Å². The van der Waals surface area contributed by atoms with Crippen LogP contribution < -0.4 is 0 Å². The van der Waals surface area contributed by atoms with Gasteiger partial charge in [-0.05, 0) is 60.0 Å². The van der Waals surface area contributed by atoms with Crippen LogP contribution in [0.5, 0.6) is 0 Å². The highest BCUT2D eigenvalue weighted by Gasteiger charge is 2.52. The molecule has 0 N–H and O–H groups in total. The van der Waals surface area contributed by atoms with Crippen molar-refractivity contribution in [3.63, 3.8) is 0 Å². The van der Waals surface area contributed by atoms with Crippen LogP contribution in [0.15, 0.2) is 35.9 Å². The average molecular weight is 306 g/mol. The van der Waals surface area contributed by atoms with E-state index in [-0.39, 0.29) is 6.10 Å². The Labute approximate surface area is 134 Å². The number of allylic oxidation sites excluding steroid dienone is 3. The zero-order valence-corrected chi connectivity index (χ0v) is 14.7. The van der Waals surface area contributed by atoms with Crippen LogP contribution in [0, 0.1) is 0 Å². The summed E-state index contributed by atoms with van der Waals surface area (Å²) in [5.74, 6) is -0.402. The van der Waals surface area contributed by atoms with Gasteiger partial charge in [0.15, 0.2) is 0 Å². The van der Waals surface area contributed by atoms with Crippen molar-refractivity contribution in [1.82, 2.24) is 0 Å². The summed E-state index contributed by atoms with van der Waals surface area (Å²) in [6, 6.07) is 0. The lowest BCUT2D eigenvalue weighted by Crippen LogP contribution is -2.41. The van der Waals surface area contributed by atoms with Crippen LogP contribution >= 0.6 is 0 Å². The van der Waals surface area contributed by atoms with Crippen molar-refractivity contribution in [3.05, 3.63) is 35.9 Å². The molecule has 0 aromatic carbocycles. The Morgan fingerprint density at radius 1 is 1.18 bits per heavy atom. The van der Waals surface area contributed by atoms with Crippen molar-refractivity contribution in [2.75, 3.05) is 0 Å². The van der Waals surface area contributed by atoms with E-state index >= 15 is 0 Å². The summed E-state index contributed by atoms with van der Waals surface area (Å²) in [7, 11) is -0.517. The Kier molecular flexibility index (Phi) is 5.82. The highest BCUT2D eigenvalue weighted by molar-refractivity contribution is 6.55. The molecule has 0 saturated carbocycles. The van der Waals surface area contributed by atoms with Gasteiger partial charge < -0.3 is 14.0 Å². The lowest BCUT2D eigenvalue weighted by molar-refractivity contribution is -0.142. The second-order valence-electron chi connectivity index (χ2n) is 6.63. The molecule has 1 rings (SSSR count). The van der Waals surface area contributed by atoms with Crippen LogP contribution in [0.25, 0.3) is 0 Å². The summed E-state index contributed by atoms with van der Waals surface area (Å²) in [6.45, 7) is 17.1. The predicted octanol–water partition coefficient (Wildman–Crippen LogP) is 3.63. The number of rotatable bonds is 5. The third kappa shape index (κ3) is 4.11. The van der Waals surface area contributed by atoms with E-state index in [1.165, 1.54) is 6.08 Å². The molecule has 122 valence electrons. The van der Waals surface area contributed by atoms with Crippen molar-refractivity contribution in [2.45, 2.75) is 65.8 Å². The monoisotopic (exact) mass is 306 g/mol. The first kappa shape index (κ1) is 18.7. The number of ether oxygens (including phenoxy) is 1. The van der Waals surface area contributed by atoms with E-state index in [1.807, 2.05) is 54.5 Å². The van der Waals surface area contributed by atoms with E-state index in [0.29, 0.717) is 5.57 Å². The number of hydrogen-bond acceptors (Lipinski definition) is 4. The van der Waals surface area contributed by atoms with E-state index in [9.17, 15) is 4.79 Å². The molecule has 1 aliphatic rings. The van der Waals surface area contributed by atoms with Gasteiger partial charge in [-0.3, -0.25) is 0 Å².